The number of aromatic nitrogens is 1. The number of nitrogens with one attached hydrogen (secondary N) is 1. The largest absolute Gasteiger partial charge is 0.400 e. The molecule has 0 radical (unpaired) electrons. The summed E-state index contributed by atoms with van der Waals surface area (Å²) in [4.78, 5) is 4.26. The van der Waals surface area contributed by atoms with Crippen LogP contribution < -0.4 is 5.32 Å². The van der Waals surface area contributed by atoms with Crippen molar-refractivity contribution < 1.29 is 5.11 Å². The van der Waals surface area contributed by atoms with Gasteiger partial charge in [-0.3, -0.25) is 0 Å². The molecule has 1 aliphatic carbocycles. The van der Waals surface area contributed by atoms with Crippen molar-refractivity contribution in [2.45, 2.75) is 39.5 Å². The Hall–Kier alpha value is -0.320. The molecule has 1 saturated carbocycles. The third-order valence-corrected chi connectivity index (χ3v) is 4.03. The predicted molar refractivity (Wildman–Crippen MR) is 86.9 cm³/mol. The van der Waals surface area contributed by atoms with Gasteiger partial charge in [-0.2, -0.15) is 0 Å². The summed E-state index contributed by atoms with van der Waals surface area (Å²) in [5.74, 6) is 1.68. The van der Waals surface area contributed by atoms with Crippen molar-refractivity contribution in [1.29, 1.82) is 0 Å². The fraction of sp³-hybridized carbons (Fsp3) is 0.643. The van der Waals surface area contributed by atoms with Crippen LogP contribution in [0.2, 0.25) is 5.02 Å². The number of aliphatic hydroxyl groups is 1. The van der Waals surface area contributed by atoms with Crippen LogP contribution in [0.25, 0.3) is 0 Å². The van der Waals surface area contributed by atoms with Crippen molar-refractivity contribution in [2.24, 2.45) is 5.92 Å². The molecule has 0 unspecified atom stereocenters. The molecule has 0 spiro atoms. The van der Waals surface area contributed by atoms with E-state index in [0.29, 0.717) is 5.02 Å². The van der Waals surface area contributed by atoms with Crippen LogP contribution in [0.15, 0.2) is 16.7 Å². The summed E-state index contributed by atoms with van der Waals surface area (Å²) in [6, 6.07) is 1.86. The lowest BCUT2D eigenvalue weighted by molar-refractivity contribution is 0.399. The molecule has 1 aromatic rings. The quantitative estimate of drug-likeness (QED) is 0.827. The lowest BCUT2D eigenvalue weighted by Crippen LogP contribution is -2.11. The summed E-state index contributed by atoms with van der Waals surface area (Å²) >= 11 is 9.31. The Balaban J connectivity index is 0.000000741. The molecule has 0 saturated heterocycles. The highest BCUT2D eigenvalue weighted by Gasteiger charge is 2.14. The van der Waals surface area contributed by atoms with Gasteiger partial charge in [-0.1, -0.05) is 38.3 Å². The standard InChI is InChI=1S/C11H14BrClN2.C2H6.CH4O/c12-9-7-15-11(5-10(9)13)14-6-8-3-1-2-4-8;2*1-2/h5,7-8H,1-4,6H2,(H,14,15);1-2H3;2H,1H3. The fourth-order valence-corrected chi connectivity index (χ4v) is 2.34. The van der Waals surface area contributed by atoms with E-state index in [4.69, 9.17) is 16.7 Å². The Bertz CT molecular complexity index is 344. The number of halogens is 2. The summed E-state index contributed by atoms with van der Waals surface area (Å²) in [5, 5.41) is 11.0. The molecular formula is C14H24BrClN2O. The number of rotatable bonds is 3. The molecule has 1 aromatic heterocycles. The second-order valence-corrected chi connectivity index (χ2v) is 5.28. The van der Waals surface area contributed by atoms with Crippen LogP contribution in [0.5, 0.6) is 0 Å². The first kappa shape index (κ1) is 18.7. The molecule has 0 amide bonds. The van der Waals surface area contributed by atoms with Crippen LogP contribution >= 0.6 is 27.5 Å². The lowest BCUT2D eigenvalue weighted by Gasteiger charge is -2.11. The normalized spacial score (nSPS) is 14.0. The molecule has 19 heavy (non-hydrogen) atoms. The molecule has 2 rings (SSSR count). The van der Waals surface area contributed by atoms with Crippen LogP contribution in [0, 0.1) is 5.92 Å². The molecule has 1 heterocycles. The number of nitrogens with zero attached hydrogens (tertiary/aromatic N) is 1. The third kappa shape index (κ3) is 7.14. The monoisotopic (exact) mass is 350 g/mol. The SMILES string of the molecule is CC.CO.Clc1cc(NCC2CCCC2)ncc1Br. The maximum atomic E-state index is 7.00. The van der Waals surface area contributed by atoms with Gasteiger partial charge in [-0.15, -0.1) is 0 Å². The molecule has 5 heteroatoms. The smallest absolute Gasteiger partial charge is 0.127 e. The van der Waals surface area contributed by atoms with Gasteiger partial charge in [0.1, 0.15) is 5.82 Å². The van der Waals surface area contributed by atoms with Crippen molar-refractivity contribution in [3.8, 4) is 0 Å². The highest BCUT2D eigenvalue weighted by atomic mass is 79.9. The van der Waals surface area contributed by atoms with E-state index >= 15 is 0 Å². The van der Waals surface area contributed by atoms with Crippen LogP contribution in [0.3, 0.4) is 0 Å². The van der Waals surface area contributed by atoms with Gasteiger partial charge in [0.2, 0.25) is 0 Å². The van der Waals surface area contributed by atoms with Crippen LogP contribution in [0.4, 0.5) is 5.82 Å². The van der Waals surface area contributed by atoms with Gasteiger partial charge >= 0.3 is 0 Å². The Morgan fingerprint density at radius 2 is 1.95 bits per heavy atom. The number of aliphatic hydroxyl groups excluding tert-OH is 1. The zero-order chi connectivity index (χ0) is 14.7. The van der Waals surface area contributed by atoms with Gasteiger partial charge in [0.05, 0.1) is 9.50 Å². The number of pyridine rings is 1. The summed E-state index contributed by atoms with van der Waals surface area (Å²) in [5.41, 5.74) is 0. The Morgan fingerprint density at radius 1 is 1.37 bits per heavy atom. The van der Waals surface area contributed by atoms with Gasteiger partial charge < -0.3 is 10.4 Å². The van der Waals surface area contributed by atoms with Crippen molar-refractivity contribution in [3.05, 3.63) is 21.8 Å². The van der Waals surface area contributed by atoms with Gasteiger partial charge in [-0.25, -0.2) is 4.98 Å². The van der Waals surface area contributed by atoms with Crippen molar-refractivity contribution in [3.63, 3.8) is 0 Å². The van der Waals surface area contributed by atoms with Crippen molar-refractivity contribution in [2.75, 3.05) is 19.0 Å². The summed E-state index contributed by atoms with van der Waals surface area (Å²) in [7, 11) is 1.00. The zero-order valence-corrected chi connectivity index (χ0v) is 14.3. The first-order valence-electron chi connectivity index (χ1n) is 6.75. The second kappa shape index (κ2) is 11.5. The minimum absolute atomic E-state index is 0.707. The van der Waals surface area contributed by atoms with Crippen molar-refractivity contribution in [1.82, 2.24) is 4.98 Å². The van der Waals surface area contributed by atoms with E-state index in [9.17, 15) is 0 Å². The molecule has 1 fully saturated rings. The van der Waals surface area contributed by atoms with E-state index in [-0.39, 0.29) is 0 Å². The minimum Gasteiger partial charge on any atom is -0.400 e. The predicted octanol–water partition coefficient (Wildman–Crippen LogP) is 4.73. The molecule has 0 atom stereocenters. The minimum atomic E-state index is 0.707. The van der Waals surface area contributed by atoms with E-state index in [0.717, 1.165) is 29.9 Å². The molecule has 0 aliphatic heterocycles. The maximum Gasteiger partial charge on any atom is 0.127 e. The number of anilines is 1. The first-order chi connectivity index (χ1) is 9.25. The van der Waals surface area contributed by atoms with Crippen LogP contribution in [-0.4, -0.2) is 23.7 Å². The molecule has 0 bridgehead atoms. The summed E-state index contributed by atoms with van der Waals surface area (Å²) in [6.07, 6.45) is 7.18. The van der Waals surface area contributed by atoms with E-state index in [1.807, 2.05) is 19.9 Å². The Kier molecular flexibility index (Phi) is 11.3. The molecule has 3 nitrogen and oxygen atoms in total. The summed E-state index contributed by atoms with van der Waals surface area (Å²) < 4.78 is 0.843. The zero-order valence-electron chi connectivity index (χ0n) is 11.9. The van der Waals surface area contributed by atoms with Gasteiger partial charge in [0.15, 0.2) is 0 Å². The van der Waals surface area contributed by atoms with Gasteiger partial charge in [-0.05, 0) is 34.7 Å². The average molecular weight is 352 g/mol. The molecule has 2 N–H and O–H groups in total. The van der Waals surface area contributed by atoms with E-state index < -0.39 is 0 Å². The van der Waals surface area contributed by atoms with Crippen LogP contribution in [0.1, 0.15) is 39.5 Å². The highest BCUT2D eigenvalue weighted by molar-refractivity contribution is 9.10. The van der Waals surface area contributed by atoms with Crippen LogP contribution in [-0.2, 0) is 0 Å². The fourth-order valence-electron chi connectivity index (χ4n) is 1.97. The Labute approximate surface area is 129 Å². The number of hydrogen-bond acceptors (Lipinski definition) is 3. The molecule has 0 aromatic carbocycles. The summed E-state index contributed by atoms with van der Waals surface area (Å²) in [6.45, 7) is 5.02. The topological polar surface area (TPSA) is 45.1 Å². The highest BCUT2D eigenvalue weighted by Crippen LogP contribution is 2.26. The molecular weight excluding hydrogens is 328 g/mol. The van der Waals surface area contributed by atoms with Gasteiger partial charge in [0.25, 0.3) is 0 Å². The first-order valence-corrected chi connectivity index (χ1v) is 7.92. The average Bonchev–Trinajstić information content (AvgIpc) is 2.98. The Morgan fingerprint density at radius 3 is 2.47 bits per heavy atom. The van der Waals surface area contributed by atoms with Gasteiger partial charge in [0, 0.05) is 25.9 Å². The number of hydrogen-bond donors (Lipinski definition) is 2. The molecule has 110 valence electrons. The van der Waals surface area contributed by atoms with E-state index in [1.54, 1.807) is 6.20 Å². The third-order valence-electron chi connectivity index (χ3n) is 2.86. The lowest BCUT2D eigenvalue weighted by atomic mass is 10.1. The molecule has 1 aliphatic rings. The van der Waals surface area contributed by atoms with E-state index in [2.05, 4.69) is 26.2 Å². The second-order valence-electron chi connectivity index (χ2n) is 4.02. The van der Waals surface area contributed by atoms with Crippen molar-refractivity contribution >= 4 is 33.3 Å². The maximum absolute atomic E-state index is 7.00. The van der Waals surface area contributed by atoms with E-state index in [1.165, 1.54) is 25.7 Å².